The Morgan fingerprint density at radius 1 is 0.839 bits per heavy atom. The molecule has 0 heterocycles. The van der Waals surface area contributed by atoms with E-state index in [9.17, 15) is 26.7 Å². The summed E-state index contributed by atoms with van der Waals surface area (Å²) in [6.45, 7) is 3.66. The van der Waals surface area contributed by atoms with Crippen LogP contribution >= 0.6 is 0 Å². The summed E-state index contributed by atoms with van der Waals surface area (Å²) in [6, 6.07) is 9.33. The van der Waals surface area contributed by atoms with Gasteiger partial charge in [-0.25, -0.2) is 26.7 Å². The van der Waals surface area contributed by atoms with Gasteiger partial charge in [-0.1, -0.05) is 30.3 Å². The fourth-order valence-electron chi connectivity index (χ4n) is 3.36. The Bertz CT molecular complexity index is 1130. The molecule has 0 amide bonds. The third-order valence-electron chi connectivity index (χ3n) is 4.87. The molecule has 3 aromatic rings. The molecule has 0 atom stereocenters. The van der Waals surface area contributed by atoms with Crippen LogP contribution in [-0.4, -0.2) is 11.1 Å². The lowest BCUT2D eigenvalue weighted by atomic mass is 9.91. The van der Waals surface area contributed by atoms with Crippen LogP contribution in [0.4, 0.5) is 22.0 Å². The van der Waals surface area contributed by atoms with Gasteiger partial charge in [0.05, 0.1) is 0 Å². The summed E-state index contributed by atoms with van der Waals surface area (Å²) in [5.41, 5.74) is -0.302. The van der Waals surface area contributed by atoms with Crippen molar-refractivity contribution in [3.8, 4) is 11.1 Å². The van der Waals surface area contributed by atoms with Crippen molar-refractivity contribution in [2.75, 3.05) is 0 Å². The van der Waals surface area contributed by atoms with Crippen LogP contribution in [0.5, 0.6) is 0 Å². The Kier molecular flexibility index (Phi) is 6.53. The Morgan fingerprint density at radius 2 is 1.42 bits per heavy atom. The Morgan fingerprint density at radius 3 is 1.97 bits per heavy atom. The first-order chi connectivity index (χ1) is 14.7. The number of halogens is 5. The highest BCUT2D eigenvalue weighted by atomic mass is 19.2. The van der Waals surface area contributed by atoms with Crippen molar-refractivity contribution >= 4 is 5.97 Å². The summed E-state index contributed by atoms with van der Waals surface area (Å²) in [5, 5.41) is 9.14. The van der Waals surface area contributed by atoms with E-state index < -0.39 is 51.7 Å². The van der Waals surface area contributed by atoms with Crippen molar-refractivity contribution in [3.63, 3.8) is 0 Å². The third kappa shape index (κ3) is 4.66. The summed E-state index contributed by atoms with van der Waals surface area (Å²) in [6.07, 6.45) is 2.79. The summed E-state index contributed by atoms with van der Waals surface area (Å²) in [5.74, 6) is -9.55. The van der Waals surface area contributed by atoms with Crippen LogP contribution in [0, 0.1) is 29.1 Å². The topological polar surface area (TPSA) is 37.3 Å². The number of carboxylic acids is 1. The lowest BCUT2D eigenvalue weighted by molar-refractivity contribution is 0.0686. The zero-order valence-corrected chi connectivity index (χ0v) is 16.2. The molecule has 1 N–H and O–H groups in total. The molecule has 0 spiro atoms. The lowest BCUT2D eigenvalue weighted by Crippen LogP contribution is -2.10. The number of rotatable bonds is 7. The number of allylic oxidation sites excluding steroid dienone is 1. The van der Waals surface area contributed by atoms with Crippen LogP contribution < -0.4 is 0 Å². The quantitative estimate of drug-likeness (QED) is 0.272. The van der Waals surface area contributed by atoms with Gasteiger partial charge in [0.15, 0.2) is 17.5 Å². The van der Waals surface area contributed by atoms with Crippen LogP contribution in [0.3, 0.4) is 0 Å². The first-order valence-corrected chi connectivity index (χ1v) is 9.30. The predicted octanol–water partition coefficient (Wildman–Crippen LogP) is 6.26. The summed E-state index contributed by atoms with van der Waals surface area (Å²) < 4.78 is 70.1. The van der Waals surface area contributed by atoms with Crippen molar-refractivity contribution < 1.29 is 31.9 Å². The van der Waals surface area contributed by atoms with Crippen molar-refractivity contribution in [1.29, 1.82) is 0 Å². The van der Waals surface area contributed by atoms with E-state index in [2.05, 4.69) is 6.58 Å². The molecule has 0 radical (unpaired) electrons. The fraction of sp³-hybridized carbons (Fsp3) is 0.125. The Hall–Kier alpha value is -3.48. The normalized spacial score (nSPS) is 10.9. The van der Waals surface area contributed by atoms with Gasteiger partial charge in [-0.05, 0) is 59.7 Å². The molecule has 0 bridgehead atoms. The number of hydrogen-bond acceptors (Lipinski definition) is 1. The molecule has 31 heavy (non-hydrogen) atoms. The molecule has 7 heteroatoms. The highest BCUT2D eigenvalue weighted by Gasteiger charge is 2.25. The van der Waals surface area contributed by atoms with E-state index in [1.165, 1.54) is 0 Å². The monoisotopic (exact) mass is 432 g/mol. The molecule has 0 saturated heterocycles. The molecular formula is C24H17F5O2. The SMILES string of the molecule is C=CCc1ccc(CCc2cc(F)c(C(=O)O)c(F)c2-c2cc(F)c(F)c(F)c2)cc1. The molecule has 0 aliphatic carbocycles. The maximum absolute atomic E-state index is 15.0. The molecule has 3 rings (SSSR count). The average Bonchev–Trinajstić information content (AvgIpc) is 2.71. The van der Waals surface area contributed by atoms with E-state index >= 15 is 0 Å². The van der Waals surface area contributed by atoms with Gasteiger partial charge in [-0.3, -0.25) is 0 Å². The van der Waals surface area contributed by atoms with E-state index in [1.807, 2.05) is 24.3 Å². The van der Waals surface area contributed by atoms with Crippen molar-refractivity contribution in [2.24, 2.45) is 0 Å². The maximum atomic E-state index is 15.0. The zero-order chi connectivity index (χ0) is 22.7. The van der Waals surface area contributed by atoms with Crippen molar-refractivity contribution in [2.45, 2.75) is 19.3 Å². The highest BCUT2D eigenvalue weighted by Crippen LogP contribution is 2.33. The molecule has 0 saturated carbocycles. The second kappa shape index (κ2) is 9.12. The Labute approximate surface area is 175 Å². The van der Waals surface area contributed by atoms with Gasteiger partial charge in [0, 0.05) is 5.56 Å². The number of hydrogen-bond donors (Lipinski definition) is 1. The Balaban J connectivity index is 2.07. The summed E-state index contributed by atoms with van der Waals surface area (Å²) >= 11 is 0. The minimum Gasteiger partial charge on any atom is -0.477 e. The van der Waals surface area contributed by atoms with Crippen LogP contribution in [0.1, 0.15) is 27.0 Å². The molecule has 160 valence electrons. The molecule has 0 aliphatic heterocycles. The van der Waals surface area contributed by atoms with Crippen LogP contribution in [0.15, 0.2) is 55.1 Å². The van der Waals surface area contributed by atoms with Gasteiger partial charge in [-0.2, -0.15) is 0 Å². The van der Waals surface area contributed by atoms with Crippen LogP contribution in [0.2, 0.25) is 0 Å². The molecule has 0 fully saturated rings. The van der Waals surface area contributed by atoms with E-state index in [0.717, 1.165) is 17.2 Å². The number of aromatic carboxylic acids is 1. The molecule has 0 aromatic heterocycles. The largest absolute Gasteiger partial charge is 0.477 e. The fourth-order valence-corrected chi connectivity index (χ4v) is 3.36. The lowest BCUT2D eigenvalue weighted by Gasteiger charge is -2.15. The summed E-state index contributed by atoms with van der Waals surface area (Å²) in [4.78, 5) is 11.3. The highest BCUT2D eigenvalue weighted by molar-refractivity contribution is 5.91. The first-order valence-electron chi connectivity index (χ1n) is 9.30. The van der Waals surface area contributed by atoms with Gasteiger partial charge in [0.1, 0.15) is 17.2 Å². The number of carboxylic acid groups (broad SMARTS) is 1. The maximum Gasteiger partial charge on any atom is 0.341 e. The van der Waals surface area contributed by atoms with Crippen molar-refractivity contribution in [3.05, 3.63) is 106 Å². The number of carbonyl (C=O) groups is 1. The summed E-state index contributed by atoms with van der Waals surface area (Å²) in [7, 11) is 0. The average molecular weight is 432 g/mol. The van der Waals surface area contributed by atoms with Gasteiger partial charge in [-0.15, -0.1) is 6.58 Å². The minimum absolute atomic E-state index is 0.000534. The first kappa shape index (κ1) is 22.2. The van der Waals surface area contributed by atoms with Gasteiger partial charge in [0.2, 0.25) is 0 Å². The van der Waals surface area contributed by atoms with Crippen molar-refractivity contribution in [1.82, 2.24) is 0 Å². The molecule has 0 unspecified atom stereocenters. The van der Waals surface area contributed by atoms with E-state index in [1.54, 1.807) is 6.08 Å². The third-order valence-corrected chi connectivity index (χ3v) is 4.87. The van der Waals surface area contributed by atoms with Gasteiger partial charge < -0.3 is 5.11 Å². The minimum atomic E-state index is -1.87. The zero-order valence-electron chi connectivity index (χ0n) is 16.2. The van der Waals surface area contributed by atoms with Crippen LogP contribution in [-0.2, 0) is 19.3 Å². The number of aryl methyl sites for hydroxylation is 2. The van der Waals surface area contributed by atoms with E-state index in [0.29, 0.717) is 25.0 Å². The van der Waals surface area contributed by atoms with E-state index in [4.69, 9.17) is 5.11 Å². The van der Waals surface area contributed by atoms with Gasteiger partial charge >= 0.3 is 5.97 Å². The number of benzene rings is 3. The molecule has 2 nitrogen and oxygen atoms in total. The van der Waals surface area contributed by atoms with Gasteiger partial charge in [0.25, 0.3) is 0 Å². The second-order valence-corrected chi connectivity index (χ2v) is 6.95. The molecular weight excluding hydrogens is 415 g/mol. The molecule has 3 aromatic carbocycles. The molecule has 0 aliphatic rings. The second-order valence-electron chi connectivity index (χ2n) is 6.95. The smallest absolute Gasteiger partial charge is 0.341 e. The predicted molar refractivity (Wildman–Crippen MR) is 106 cm³/mol. The standard InChI is InChI=1S/C24H17F5O2/c1-2-3-13-4-6-14(7-5-13)8-9-15-10-17(25)21(24(30)31)23(29)20(15)16-11-18(26)22(28)19(27)12-16/h2,4-7,10-12H,1,3,8-9H2,(H,30,31). The van der Waals surface area contributed by atoms with Crippen LogP contribution in [0.25, 0.3) is 11.1 Å². The van der Waals surface area contributed by atoms with E-state index in [-0.39, 0.29) is 12.0 Å².